The van der Waals surface area contributed by atoms with Gasteiger partial charge in [-0.05, 0) is 42.7 Å². The third-order valence-electron chi connectivity index (χ3n) is 2.50. The van der Waals surface area contributed by atoms with Gasteiger partial charge in [-0.2, -0.15) is 0 Å². The van der Waals surface area contributed by atoms with E-state index in [-0.39, 0.29) is 0 Å². The molecule has 1 aromatic rings. The molecular weight excluding hydrogens is 208 g/mol. The Morgan fingerprint density at radius 2 is 1.75 bits per heavy atom. The largest absolute Gasteiger partial charge is 0.497 e. The molecule has 16 heavy (non-hydrogen) atoms. The van der Waals surface area contributed by atoms with Gasteiger partial charge >= 0.3 is 5.97 Å². The Bertz CT molecular complexity index is 375. The van der Waals surface area contributed by atoms with Gasteiger partial charge in [0, 0.05) is 0 Å². The van der Waals surface area contributed by atoms with Crippen LogP contribution in [-0.2, 0) is 9.53 Å². The van der Waals surface area contributed by atoms with Crippen molar-refractivity contribution in [1.82, 2.24) is 0 Å². The van der Waals surface area contributed by atoms with Crippen LogP contribution in [0.25, 0.3) is 0 Å². The van der Waals surface area contributed by atoms with Crippen LogP contribution in [0.15, 0.2) is 12.1 Å². The van der Waals surface area contributed by atoms with Crippen molar-refractivity contribution in [2.45, 2.75) is 20.0 Å². The van der Waals surface area contributed by atoms with E-state index in [1.807, 2.05) is 13.8 Å². The summed E-state index contributed by atoms with van der Waals surface area (Å²) in [4.78, 5) is 11.3. The van der Waals surface area contributed by atoms with Crippen LogP contribution in [0.3, 0.4) is 0 Å². The Morgan fingerprint density at radius 3 is 2.12 bits per heavy atom. The number of aliphatic hydroxyl groups is 1. The lowest BCUT2D eigenvalue weighted by Gasteiger charge is -2.15. The molecule has 0 radical (unpaired) electrons. The molecule has 1 rings (SSSR count). The van der Waals surface area contributed by atoms with Crippen LogP contribution in [0.4, 0.5) is 0 Å². The first-order chi connectivity index (χ1) is 7.51. The summed E-state index contributed by atoms with van der Waals surface area (Å²) in [5.74, 6) is 0.0483. The molecule has 0 aliphatic rings. The van der Waals surface area contributed by atoms with Crippen LogP contribution in [0.2, 0.25) is 0 Å². The maximum atomic E-state index is 11.3. The van der Waals surface area contributed by atoms with Gasteiger partial charge in [0.05, 0.1) is 14.2 Å². The normalized spacial score (nSPS) is 12.1. The van der Waals surface area contributed by atoms with Crippen LogP contribution in [0, 0.1) is 13.8 Å². The zero-order chi connectivity index (χ0) is 12.3. The highest BCUT2D eigenvalue weighted by Gasteiger charge is 2.22. The van der Waals surface area contributed by atoms with Crippen molar-refractivity contribution in [1.29, 1.82) is 0 Å². The molecule has 88 valence electrons. The van der Waals surface area contributed by atoms with E-state index in [0.717, 1.165) is 11.1 Å². The van der Waals surface area contributed by atoms with Gasteiger partial charge in [0.1, 0.15) is 5.75 Å². The Kier molecular flexibility index (Phi) is 3.90. The van der Waals surface area contributed by atoms with Gasteiger partial charge in [-0.3, -0.25) is 0 Å². The fourth-order valence-corrected chi connectivity index (χ4v) is 1.71. The highest BCUT2D eigenvalue weighted by molar-refractivity contribution is 5.77. The predicted molar refractivity (Wildman–Crippen MR) is 59.4 cm³/mol. The molecule has 0 aromatic heterocycles. The highest BCUT2D eigenvalue weighted by Crippen LogP contribution is 2.27. The van der Waals surface area contributed by atoms with E-state index < -0.39 is 12.1 Å². The molecule has 1 atom stereocenters. The summed E-state index contributed by atoms with van der Waals surface area (Å²) in [5, 5.41) is 9.80. The van der Waals surface area contributed by atoms with Gasteiger partial charge < -0.3 is 14.6 Å². The van der Waals surface area contributed by atoms with Crippen molar-refractivity contribution in [3.05, 3.63) is 28.8 Å². The van der Waals surface area contributed by atoms with Crippen LogP contribution in [-0.4, -0.2) is 25.3 Å². The summed E-state index contributed by atoms with van der Waals surface area (Å²) < 4.78 is 9.61. The zero-order valence-electron chi connectivity index (χ0n) is 9.90. The molecule has 4 heteroatoms. The predicted octanol–water partition coefficient (Wildman–Crippen LogP) is 1.52. The number of aryl methyl sites for hydroxylation is 2. The summed E-state index contributed by atoms with van der Waals surface area (Å²) in [6.45, 7) is 3.63. The lowest BCUT2D eigenvalue weighted by molar-refractivity contribution is -0.150. The number of esters is 1. The number of benzene rings is 1. The molecule has 1 unspecified atom stereocenters. The van der Waals surface area contributed by atoms with E-state index in [1.54, 1.807) is 19.2 Å². The molecule has 0 aliphatic heterocycles. The highest BCUT2D eigenvalue weighted by atomic mass is 16.5. The van der Waals surface area contributed by atoms with Gasteiger partial charge in [-0.1, -0.05) is 0 Å². The maximum absolute atomic E-state index is 11.3. The molecule has 0 bridgehead atoms. The Hall–Kier alpha value is -1.55. The third-order valence-corrected chi connectivity index (χ3v) is 2.50. The van der Waals surface area contributed by atoms with E-state index in [0.29, 0.717) is 11.3 Å². The lowest BCUT2D eigenvalue weighted by Crippen LogP contribution is -2.16. The average Bonchev–Trinajstić information content (AvgIpc) is 2.26. The number of rotatable bonds is 3. The van der Waals surface area contributed by atoms with Gasteiger partial charge in [-0.25, -0.2) is 4.79 Å². The fourth-order valence-electron chi connectivity index (χ4n) is 1.71. The van der Waals surface area contributed by atoms with E-state index in [9.17, 15) is 9.90 Å². The van der Waals surface area contributed by atoms with Gasteiger partial charge in [0.15, 0.2) is 6.10 Å². The Labute approximate surface area is 94.8 Å². The molecule has 0 saturated heterocycles. The quantitative estimate of drug-likeness (QED) is 0.791. The average molecular weight is 224 g/mol. The van der Waals surface area contributed by atoms with Crippen molar-refractivity contribution in [2.75, 3.05) is 14.2 Å². The maximum Gasteiger partial charge on any atom is 0.339 e. The molecule has 0 heterocycles. The van der Waals surface area contributed by atoms with Crippen molar-refractivity contribution >= 4 is 5.97 Å². The summed E-state index contributed by atoms with van der Waals surface area (Å²) in [7, 11) is 2.82. The van der Waals surface area contributed by atoms with Crippen molar-refractivity contribution in [3.63, 3.8) is 0 Å². The number of carbonyl (C=O) groups is 1. The molecule has 0 aliphatic carbocycles. The molecule has 1 aromatic carbocycles. The van der Waals surface area contributed by atoms with Crippen LogP contribution in [0.1, 0.15) is 22.8 Å². The number of hydrogen-bond acceptors (Lipinski definition) is 4. The molecule has 4 nitrogen and oxygen atoms in total. The minimum Gasteiger partial charge on any atom is -0.497 e. The van der Waals surface area contributed by atoms with Crippen molar-refractivity contribution in [3.8, 4) is 5.75 Å². The van der Waals surface area contributed by atoms with Crippen LogP contribution >= 0.6 is 0 Å². The van der Waals surface area contributed by atoms with E-state index in [4.69, 9.17) is 4.74 Å². The minimum atomic E-state index is -1.24. The second-order valence-corrected chi connectivity index (χ2v) is 3.60. The summed E-state index contributed by atoms with van der Waals surface area (Å²) >= 11 is 0. The van der Waals surface area contributed by atoms with E-state index in [1.165, 1.54) is 7.11 Å². The standard InChI is InChI=1S/C12H16O4/c1-7-5-9(15-3)6-8(2)10(7)11(13)12(14)16-4/h5-6,11,13H,1-4H3. The van der Waals surface area contributed by atoms with Gasteiger partial charge in [0.2, 0.25) is 0 Å². The molecule has 0 saturated carbocycles. The molecule has 0 amide bonds. The zero-order valence-corrected chi connectivity index (χ0v) is 9.90. The summed E-state index contributed by atoms with van der Waals surface area (Å²) in [5.41, 5.74) is 2.18. The number of carbonyl (C=O) groups excluding carboxylic acids is 1. The first-order valence-electron chi connectivity index (χ1n) is 4.92. The molecule has 1 N–H and O–H groups in total. The van der Waals surface area contributed by atoms with Gasteiger partial charge in [0.25, 0.3) is 0 Å². The second-order valence-electron chi connectivity index (χ2n) is 3.60. The smallest absolute Gasteiger partial charge is 0.339 e. The second kappa shape index (κ2) is 4.99. The SMILES string of the molecule is COC(=O)C(O)c1c(C)cc(OC)cc1C. The minimum absolute atomic E-state index is 0.577. The number of aliphatic hydroxyl groups excluding tert-OH is 1. The van der Waals surface area contributed by atoms with Crippen LogP contribution in [0.5, 0.6) is 5.75 Å². The number of ether oxygens (including phenoxy) is 2. The first-order valence-corrected chi connectivity index (χ1v) is 4.92. The van der Waals surface area contributed by atoms with E-state index in [2.05, 4.69) is 4.74 Å². The monoisotopic (exact) mass is 224 g/mol. The van der Waals surface area contributed by atoms with Crippen LogP contribution < -0.4 is 4.74 Å². The number of hydrogen-bond donors (Lipinski definition) is 1. The van der Waals surface area contributed by atoms with E-state index >= 15 is 0 Å². The van der Waals surface area contributed by atoms with Crippen molar-refractivity contribution < 1.29 is 19.4 Å². The Balaban J connectivity index is 3.19. The first kappa shape index (κ1) is 12.5. The lowest BCUT2D eigenvalue weighted by atomic mass is 9.97. The number of methoxy groups -OCH3 is 2. The Morgan fingerprint density at radius 1 is 1.25 bits per heavy atom. The summed E-state index contributed by atoms with van der Waals surface area (Å²) in [6.07, 6.45) is -1.24. The van der Waals surface area contributed by atoms with Gasteiger partial charge in [-0.15, -0.1) is 0 Å². The third kappa shape index (κ3) is 2.33. The summed E-state index contributed by atoms with van der Waals surface area (Å²) in [6, 6.07) is 3.54. The van der Waals surface area contributed by atoms with Crippen molar-refractivity contribution in [2.24, 2.45) is 0 Å². The molecule has 0 fully saturated rings. The topological polar surface area (TPSA) is 55.8 Å². The molecule has 0 spiro atoms. The fraction of sp³-hybridized carbons (Fsp3) is 0.417. The molecular formula is C12H16O4.